The van der Waals surface area contributed by atoms with Gasteiger partial charge in [-0.3, -0.25) is 0 Å². The Balaban J connectivity index is 2.14. The normalized spacial score (nSPS) is 12.1. The van der Waals surface area contributed by atoms with Gasteiger partial charge < -0.3 is 10.1 Å². The van der Waals surface area contributed by atoms with Crippen LogP contribution in [0.25, 0.3) is 6.08 Å². The van der Waals surface area contributed by atoms with E-state index in [1.165, 1.54) is 11.1 Å². The van der Waals surface area contributed by atoms with Crippen molar-refractivity contribution in [2.24, 2.45) is 0 Å². The van der Waals surface area contributed by atoms with Gasteiger partial charge in [0.2, 0.25) is 0 Å². The lowest BCUT2D eigenvalue weighted by atomic mass is 10.1. The van der Waals surface area contributed by atoms with Crippen LogP contribution in [0.4, 0.5) is 0 Å². The molecule has 1 aromatic rings. The first-order valence-corrected chi connectivity index (χ1v) is 6.73. The van der Waals surface area contributed by atoms with E-state index in [0.29, 0.717) is 6.10 Å². The summed E-state index contributed by atoms with van der Waals surface area (Å²) in [6.07, 6.45) is 3.62. The number of ether oxygens (including phenoxy) is 1. The third-order valence-corrected chi connectivity index (χ3v) is 2.57. The van der Waals surface area contributed by atoms with Crippen LogP contribution >= 0.6 is 0 Å². The quantitative estimate of drug-likeness (QED) is 0.710. The van der Waals surface area contributed by atoms with Crippen LogP contribution in [-0.4, -0.2) is 25.8 Å². The first-order valence-electron chi connectivity index (χ1n) is 6.73. The van der Waals surface area contributed by atoms with E-state index in [1.807, 2.05) is 6.07 Å². The number of hydrogen-bond donors (Lipinski definition) is 1. The van der Waals surface area contributed by atoms with E-state index >= 15 is 0 Å². The molecule has 0 atom stereocenters. The molecule has 2 nitrogen and oxygen atoms in total. The van der Waals surface area contributed by atoms with Crippen molar-refractivity contribution in [2.45, 2.75) is 33.3 Å². The lowest BCUT2D eigenvalue weighted by Gasteiger charge is -2.08. The maximum atomic E-state index is 5.49. The van der Waals surface area contributed by atoms with Crippen LogP contribution in [-0.2, 0) is 4.74 Å². The molecule has 0 aromatic heterocycles. The van der Waals surface area contributed by atoms with Crippen LogP contribution in [0.1, 0.15) is 32.8 Å². The van der Waals surface area contributed by atoms with Crippen molar-refractivity contribution in [3.8, 4) is 0 Å². The van der Waals surface area contributed by atoms with Gasteiger partial charge in [-0.25, -0.2) is 0 Å². The Morgan fingerprint density at radius 3 is 2.67 bits per heavy atom. The highest BCUT2D eigenvalue weighted by atomic mass is 16.5. The summed E-state index contributed by atoms with van der Waals surface area (Å²) in [7, 11) is 0. The summed E-state index contributed by atoms with van der Waals surface area (Å²) in [5.74, 6) is 0. The lowest BCUT2D eigenvalue weighted by molar-refractivity contribution is 0.0772. The first-order chi connectivity index (χ1) is 8.68. The molecule has 100 valence electrons. The largest absolute Gasteiger partial charge is 0.379 e. The first kappa shape index (κ1) is 14.9. The van der Waals surface area contributed by atoms with E-state index in [2.05, 4.69) is 56.4 Å². The summed E-state index contributed by atoms with van der Waals surface area (Å²) < 4.78 is 5.49. The van der Waals surface area contributed by atoms with Gasteiger partial charge in [0.1, 0.15) is 0 Å². The summed E-state index contributed by atoms with van der Waals surface area (Å²) >= 11 is 0. The number of hydrogen-bond acceptors (Lipinski definition) is 2. The second-order valence-corrected chi connectivity index (χ2v) is 4.85. The Morgan fingerprint density at radius 2 is 2.00 bits per heavy atom. The smallest absolute Gasteiger partial charge is 0.0518 e. The molecule has 1 aromatic carbocycles. The predicted molar refractivity (Wildman–Crippen MR) is 78.7 cm³/mol. The van der Waals surface area contributed by atoms with Gasteiger partial charge in [-0.15, -0.1) is 0 Å². The molecule has 0 saturated heterocycles. The van der Waals surface area contributed by atoms with E-state index in [9.17, 15) is 0 Å². The summed E-state index contributed by atoms with van der Waals surface area (Å²) in [5.41, 5.74) is 2.62. The van der Waals surface area contributed by atoms with Crippen LogP contribution < -0.4 is 5.32 Å². The molecular formula is C16H25NO. The average Bonchev–Trinajstić information content (AvgIpc) is 2.34. The molecule has 0 spiro atoms. The van der Waals surface area contributed by atoms with Crippen molar-refractivity contribution in [3.63, 3.8) is 0 Å². The van der Waals surface area contributed by atoms with Gasteiger partial charge in [0.25, 0.3) is 0 Å². The van der Waals surface area contributed by atoms with Gasteiger partial charge in [0, 0.05) is 13.2 Å². The topological polar surface area (TPSA) is 21.3 Å². The molecule has 1 N–H and O–H groups in total. The molecule has 0 amide bonds. The van der Waals surface area contributed by atoms with Crippen LogP contribution in [0.5, 0.6) is 0 Å². The lowest BCUT2D eigenvalue weighted by Crippen LogP contribution is -2.19. The standard InChI is InChI=1S/C16H25NO/c1-14(2)18-11-7-10-17-13-15(3)12-16-8-5-4-6-9-16/h4-6,8-9,12,14,17H,7,10-11,13H2,1-3H3/b15-12+. The minimum Gasteiger partial charge on any atom is -0.379 e. The zero-order valence-corrected chi connectivity index (χ0v) is 11.8. The maximum absolute atomic E-state index is 5.49. The third kappa shape index (κ3) is 7.25. The molecule has 18 heavy (non-hydrogen) atoms. The second kappa shape index (κ2) is 8.90. The minimum atomic E-state index is 0.338. The highest BCUT2D eigenvalue weighted by molar-refractivity contribution is 5.52. The molecule has 0 unspecified atom stereocenters. The number of nitrogens with one attached hydrogen (secondary N) is 1. The van der Waals surface area contributed by atoms with Crippen LogP contribution in [0.3, 0.4) is 0 Å². The predicted octanol–water partition coefficient (Wildman–Crippen LogP) is 3.49. The van der Waals surface area contributed by atoms with Gasteiger partial charge in [0.05, 0.1) is 6.10 Å². The Kier molecular flexibility index (Phi) is 7.38. The SMILES string of the molecule is C/C(=C\c1ccccc1)CNCCCOC(C)C. The highest BCUT2D eigenvalue weighted by Gasteiger charge is 1.94. The fraction of sp³-hybridized carbons (Fsp3) is 0.500. The maximum Gasteiger partial charge on any atom is 0.0518 e. The third-order valence-electron chi connectivity index (χ3n) is 2.57. The Morgan fingerprint density at radius 1 is 1.28 bits per heavy atom. The molecule has 0 saturated carbocycles. The van der Waals surface area contributed by atoms with Gasteiger partial charge in [-0.2, -0.15) is 0 Å². The van der Waals surface area contributed by atoms with Crippen molar-refractivity contribution < 1.29 is 4.74 Å². The minimum absolute atomic E-state index is 0.338. The van der Waals surface area contributed by atoms with Crippen LogP contribution in [0.15, 0.2) is 35.9 Å². The van der Waals surface area contributed by atoms with Crippen LogP contribution in [0.2, 0.25) is 0 Å². The summed E-state index contributed by atoms with van der Waals surface area (Å²) in [5, 5.41) is 3.43. The Bertz CT molecular complexity index is 343. The van der Waals surface area contributed by atoms with Crippen molar-refractivity contribution >= 4 is 6.08 Å². The van der Waals surface area contributed by atoms with Crippen molar-refractivity contribution in [2.75, 3.05) is 19.7 Å². The molecule has 2 heteroatoms. The van der Waals surface area contributed by atoms with Crippen molar-refractivity contribution in [3.05, 3.63) is 41.5 Å². The molecule has 0 aliphatic carbocycles. The molecule has 0 aliphatic heterocycles. The number of rotatable bonds is 8. The van der Waals surface area contributed by atoms with Crippen molar-refractivity contribution in [1.29, 1.82) is 0 Å². The summed E-state index contributed by atoms with van der Waals surface area (Å²) in [6.45, 7) is 9.08. The molecule has 0 fully saturated rings. The fourth-order valence-electron chi connectivity index (χ4n) is 1.69. The van der Waals surface area contributed by atoms with Gasteiger partial charge >= 0.3 is 0 Å². The van der Waals surface area contributed by atoms with Crippen LogP contribution in [0, 0.1) is 0 Å². The number of benzene rings is 1. The molecule has 0 radical (unpaired) electrons. The Hall–Kier alpha value is -1.12. The van der Waals surface area contributed by atoms with Gasteiger partial charge in [-0.05, 0) is 39.3 Å². The average molecular weight is 247 g/mol. The van der Waals surface area contributed by atoms with E-state index in [1.54, 1.807) is 0 Å². The Labute approximate surface area is 111 Å². The van der Waals surface area contributed by atoms with Gasteiger partial charge in [-0.1, -0.05) is 42.0 Å². The zero-order chi connectivity index (χ0) is 13.2. The van der Waals surface area contributed by atoms with E-state index < -0.39 is 0 Å². The van der Waals surface area contributed by atoms with E-state index in [4.69, 9.17) is 4.74 Å². The molecular weight excluding hydrogens is 222 g/mol. The fourth-order valence-corrected chi connectivity index (χ4v) is 1.69. The van der Waals surface area contributed by atoms with E-state index in [-0.39, 0.29) is 0 Å². The highest BCUT2D eigenvalue weighted by Crippen LogP contribution is 2.05. The summed E-state index contributed by atoms with van der Waals surface area (Å²) in [4.78, 5) is 0. The van der Waals surface area contributed by atoms with E-state index in [0.717, 1.165) is 26.1 Å². The monoisotopic (exact) mass is 247 g/mol. The molecule has 0 heterocycles. The molecule has 0 bridgehead atoms. The second-order valence-electron chi connectivity index (χ2n) is 4.85. The van der Waals surface area contributed by atoms with Crippen molar-refractivity contribution in [1.82, 2.24) is 5.32 Å². The summed E-state index contributed by atoms with van der Waals surface area (Å²) in [6, 6.07) is 10.4. The molecule has 1 rings (SSSR count). The zero-order valence-electron chi connectivity index (χ0n) is 11.8. The molecule has 0 aliphatic rings. The van der Waals surface area contributed by atoms with Gasteiger partial charge in [0.15, 0.2) is 0 Å².